The van der Waals surface area contributed by atoms with Crippen molar-refractivity contribution < 1.29 is 14.6 Å². The number of benzene rings is 1. The van der Waals surface area contributed by atoms with Gasteiger partial charge in [-0.2, -0.15) is 0 Å². The summed E-state index contributed by atoms with van der Waals surface area (Å²) in [6.07, 6.45) is -0.177. The average molecular weight is 303 g/mol. The monoisotopic (exact) mass is 303 g/mol. The van der Waals surface area contributed by atoms with Crippen molar-refractivity contribution in [1.29, 1.82) is 0 Å². The van der Waals surface area contributed by atoms with Crippen LogP contribution in [0, 0.1) is 0 Å². The normalized spacial score (nSPS) is 18.7. The number of morpholine rings is 1. The maximum atomic E-state index is 11.3. The highest BCUT2D eigenvalue weighted by atomic mass is 32.1. The first kappa shape index (κ1) is 14.1. The molecule has 1 aliphatic heterocycles. The Morgan fingerprint density at radius 3 is 3.05 bits per heavy atom. The summed E-state index contributed by atoms with van der Waals surface area (Å²) in [5, 5.41) is 11.3. The molecule has 0 bridgehead atoms. The number of hydrogen-bond donors (Lipinski definition) is 1. The van der Waals surface area contributed by atoms with E-state index in [0.717, 1.165) is 5.56 Å². The molecule has 0 aliphatic carbocycles. The quantitative estimate of drug-likeness (QED) is 0.946. The molecule has 4 nitrogen and oxygen atoms in total. The third-order valence-electron chi connectivity index (χ3n) is 3.68. The zero-order valence-corrected chi connectivity index (χ0v) is 12.4. The van der Waals surface area contributed by atoms with Gasteiger partial charge in [0.15, 0.2) is 0 Å². The van der Waals surface area contributed by atoms with Crippen molar-refractivity contribution in [2.45, 2.75) is 12.5 Å². The highest BCUT2D eigenvalue weighted by Gasteiger charge is 2.27. The molecule has 0 spiro atoms. The number of nitrogens with zero attached hydrogens (tertiary/aromatic N) is 1. The van der Waals surface area contributed by atoms with E-state index < -0.39 is 6.09 Å². The molecule has 1 aromatic carbocycles. The van der Waals surface area contributed by atoms with Crippen molar-refractivity contribution in [3.05, 3.63) is 47.3 Å². The van der Waals surface area contributed by atoms with E-state index in [4.69, 9.17) is 4.74 Å². The van der Waals surface area contributed by atoms with E-state index in [1.54, 1.807) is 11.3 Å². The van der Waals surface area contributed by atoms with Crippen LogP contribution in [0.15, 0.2) is 41.8 Å². The van der Waals surface area contributed by atoms with Crippen LogP contribution < -0.4 is 0 Å². The Balaban J connectivity index is 1.78. The summed E-state index contributed by atoms with van der Waals surface area (Å²) in [5.74, 6) is 0. The predicted octanol–water partition coefficient (Wildman–Crippen LogP) is 3.34. The fourth-order valence-corrected chi connectivity index (χ4v) is 3.37. The standard InChI is InChI=1S/C16H17NO3S/c18-16(19)17-6-7-20-11-14(17)10-12-3-1-4-13(9-12)15-5-2-8-21-15/h1-5,8-9,14H,6-7,10-11H2,(H,18,19)/t14-/m1/s1. The first-order valence-corrected chi connectivity index (χ1v) is 7.82. The van der Waals surface area contributed by atoms with Gasteiger partial charge in [0.25, 0.3) is 0 Å². The van der Waals surface area contributed by atoms with E-state index >= 15 is 0 Å². The number of amides is 1. The van der Waals surface area contributed by atoms with Gasteiger partial charge in [0, 0.05) is 11.4 Å². The lowest BCUT2D eigenvalue weighted by Gasteiger charge is -2.33. The fraction of sp³-hybridized carbons (Fsp3) is 0.312. The molecule has 1 aliphatic rings. The van der Waals surface area contributed by atoms with E-state index in [0.29, 0.717) is 26.2 Å². The summed E-state index contributed by atoms with van der Waals surface area (Å²) < 4.78 is 5.43. The molecule has 1 saturated heterocycles. The van der Waals surface area contributed by atoms with Crippen LogP contribution >= 0.6 is 11.3 Å². The minimum atomic E-state index is -0.863. The molecule has 2 heterocycles. The highest BCUT2D eigenvalue weighted by molar-refractivity contribution is 7.13. The Labute approximate surface area is 127 Å². The maximum absolute atomic E-state index is 11.3. The first-order chi connectivity index (χ1) is 10.2. The van der Waals surface area contributed by atoms with Gasteiger partial charge in [-0.1, -0.05) is 30.3 Å². The zero-order chi connectivity index (χ0) is 14.7. The number of carboxylic acid groups (broad SMARTS) is 1. The number of ether oxygens (including phenoxy) is 1. The molecule has 1 aromatic heterocycles. The van der Waals surface area contributed by atoms with Crippen molar-refractivity contribution in [1.82, 2.24) is 4.90 Å². The summed E-state index contributed by atoms with van der Waals surface area (Å²) in [4.78, 5) is 14.0. The Kier molecular flexibility index (Phi) is 4.22. The van der Waals surface area contributed by atoms with Crippen LogP contribution in [0.4, 0.5) is 4.79 Å². The number of thiophene rings is 1. The third kappa shape index (κ3) is 3.25. The van der Waals surface area contributed by atoms with Gasteiger partial charge < -0.3 is 14.7 Å². The summed E-state index contributed by atoms with van der Waals surface area (Å²) in [6, 6.07) is 12.3. The van der Waals surface area contributed by atoms with Gasteiger partial charge in [-0.25, -0.2) is 4.79 Å². The summed E-state index contributed by atoms with van der Waals surface area (Å²) in [7, 11) is 0. The van der Waals surface area contributed by atoms with Gasteiger partial charge in [0.1, 0.15) is 0 Å². The molecular formula is C16H17NO3S. The topological polar surface area (TPSA) is 49.8 Å². The van der Waals surface area contributed by atoms with Crippen LogP contribution in [-0.4, -0.2) is 41.9 Å². The van der Waals surface area contributed by atoms with Crippen LogP contribution in [0.5, 0.6) is 0 Å². The minimum Gasteiger partial charge on any atom is -0.465 e. The van der Waals surface area contributed by atoms with Crippen LogP contribution in [0.2, 0.25) is 0 Å². The molecule has 5 heteroatoms. The number of rotatable bonds is 3. The van der Waals surface area contributed by atoms with E-state index in [1.807, 2.05) is 18.2 Å². The second-order valence-electron chi connectivity index (χ2n) is 5.09. The molecule has 0 unspecified atom stereocenters. The Morgan fingerprint density at radius 1 is 1.38 bits per heavy atom. The van der Waals surface area contributed by atoms with E-state index in [1.165, 1.54) is 15.3 Å². The lowest BCUT2D eigenvalue weighted by molar-refractivity contribution is 0.000290. The van der Waals surface area contributed by atoms with Crippen molar-refractivity contribution in [2.24, 2.45) is 0 Å². The molecule has 1 atom stereocenters. The molecule has 0 radical (unpaired) electrons. The van der Waals surface area contributed by atoms with Crippen LogP contribution in [0.1, 0.15) is 5.56 Å². The molecule has 0 saturated carbocycles. The summed E-state index contributed by atoms with van der Waals surface area (Å²) >= 11 is 1.71. The molecule has 1 amide bonds. The highest BCUT2D eigenvalue weighted by Crippen LogP contribution is 2.26. The van der Waals surface area contributed by atoms with Crippen LogP contribution in [0.25, 0.3) is 10.4 Å². The number of hydrogen-bond acceptors (Lipinski definition) is 3. The minimum absolute atomic E-state index is 0.102. The van der Waals surface area contributed by atoms with Crippen LogP contribution in [0.3, 0.4) is 0 Å². The molecule has 21 heavy (non-hydrogen) atoms. The van der Waals surface area contributed by atoms with Crippen molar-refractivity contribution in [3.63, 3.8) is 0 Å². The lowest BCUT2D eigenvalue weighted by atomic mass is 10.0. The van der Waals surface area contributed by atoms with Crippen molar-refractivity contribution in [3.8, 4) is 10.4 Å². The second-order valence-corrected chi connectivity index (χ2v) is 6.03. The lowest BCUT2D eigenvalue weighted by Crippen LogP contribution is -2.49. The molecular weight excluding hydrogens is 286 g/mol. The van der Waals surface area contributed by atoms with Gasteiger partial charge in [-0.05, 0) is 29.0 Å². The van der Waals surface area contributed by atoms with E-state index in [9.17, 15) is 9.90 Å². The first-order valence-electron chi connectivity index (χ1n) is 6.94. The zero-order valence-electron chi connectivity index (χ0n) is 11.6. The molecule has 1 fully saturated rings. The van der Waals surface area contributed by atoms with Gasteiger partial charge in [-0.3, -0.25) is 0 Å². The van der Waals surface area contributed by atoms with Crippen molar-refractivity contribution in [2.75, 3.05) is 19.8 Å². The Bertz CT molecular complexity index is 612. The average Bonchev–Trinajstić information content (AvgIpc) is 3.02. The van der Waals surface area contributed by atoms with E-state index in [-0.39, 0.29) is 6.04 Å². The molecule has 1 N–H and O–H groups in total. The SMILES string of the molecule is O=C(O)N1CCOC[C@H]1Cc1cccc(-c2cccs2)c1. The Hall–Kier alpha value is -1.85. The molecule has 110 valence electrons. The molecule has 3 rings (SSSR count). The second kappa shape index (κ2) is 6.28. The van der Waals surface area contributed by atoms with Gasteiger partial charge in [0.2, 0.25) is 0 Å². The van der Waals surface area contributed by atoms with Gasteiger partial charge in [0.05, 0.1) is 19.3 Å². The fourth-order valence-electron chi connectivity index (χ4n) is 2.64. The van der Waals surface area contributed by atoms with Crippen molar-refractivity contribution >= 4 is 17.4 Å². The number of carbonyl (C=O) groups is 1. The smallest absolute Gasteiger partial charge is 0.407 e. The summed E-state index contributed by atoms with van der Waals surface area (Å²) in [5.41, 5.74) is 2.32. The predicted molar refractivity (Wildman–Crippen MR) is 82.8 cm³/mol. The van der Waals surface area contributed by atoms with E-state index in [2.05, 4.69) is 23.6 Å². The summed E-state index contributed by atoms with van der Waals surface area (Å²) in [6.45, 7) is 1.40. The maximum Gasteiger partial charge on any atom is 0.407 e. The van der Waals surface area contributed by atoms with Gasteiger partial charge in [-0.15, -0.1) is 11.3 Å². The Morgan fingerprint density at radius 2 is 2.29 bits per heavy atom. The molecule has 2 aromatic rings. The third-order valence-corrected chi connectivity index (χ3v) is 4.60. The largest absolute Gasteiger partial charge is 0.465 e. The van der Waals surface area contributed by atoms with Gasteiger partial charge >= 0.3 is 6.09 Å². The van der Waals surface area contributed by atoms with Crippen LogP contribution in [-0.2, 0) is 11.2 Å².